The first-order chi connectivity index (χ1) is 15.2. The molecule has 0 spiro atoms. The molecule has 1 saturated carbocycles. The van der Waals surface area contributed by atoms with Crippen LogP contribution in [0.4, 0.5) is 0 Å². The van der Waals surface area contributed by atoms with E-state index in [2.05, 4.69) is 20.4 Å². The molecule has 0 atom stereocenters. The standard InChI is InChI=1S/C23H21N5O3/c29-20(25-16-5-1-2-6-16)14-28-19-8-4-3-7-17(19)18(13-21(28)30)23-26-22(27-31-23)15-9-11-24-12-10-15/h3-4,7-13,16H,1-2,5-6,14H2,(H,25,29). The Morgan fingerprint density at radius 1 is 1.13 bits per heavy atom. The van der Waals surface area contributed by atoms with Crippen LogP contribution in [0.25, 0.3) is 33.7 Å². The van der Waals surface area contributed by atoms with Crippen molar-refractivity contribution in [1.82, 2.24) is 25.0 Å². The molecule has 31 heavy (non-hydrogen) atoms. The van der Waals surface area contributed by atoms with Crippen LogP contribution >= 0.6 is 0 Å². The van der Waals surface area contributed by atoms with E-state index in [1.807, 2.05) is 24.3 Å². The second-order valence-corrected chi connectivity index (χ2v) is 7.71. The summed E-state index contributed by atoms with van der Waals surface area (Å²) in [5, 5.41) is 7.85. The van der Waals surface area contributed by atoms with Gasteiger partial charge < -0.3 is 9.84 Å². The molecule has 156 valence electrons. The van der Waals surface area contributed by atoms with Crippen molar-refractivity contribution in [3.05, 3.63) is 65.2 Å². The van der Waals surface area contributed by atoms with Gasteiger partial charge in [-0.3, -0.25) is 19.1 Å². The molecule has 0 bridgehead atoms. The van der Waals surface area contributed by atoms with Gasteiger partial charge >= 0.3 is 0 Å². The van der Waals surface area contributed by atoms with Crippen molar-refractivity contribution in [2.24, 2.45) is 0 Å². The molecule has 3 heterocycles. The van der Waals surface area contributed by atoms with Crippen molar-refractivity contribution < 1.29 is 9.32 Å². The third kappa shape index (κ3) is 3.84. The first-order valence-corrected chi connectivity index (χ1v) is 10.4. The van der Waals surface area contributed by atoms with Crippen molar-refractivity contribution in [2.45, 2.75) is 38.3 Å². The van der Waals surface area contributed by atoms with Crippen LogP contribution in [0.1, 0.15) is 25.7 Å². The zero-order valence-electron chi connectivity index (χ0n) is 16.8. The average Bonchev–Trinajstić information content (AvgIpc) is 3.48. The number of amides is 1. The van der Waals surface area contributed by atoms with E-state index in [1.54, 1.807) is 24.5 Å². The summed E-state index contributed by atoms with van der Waals surface area (Å²) in [5.41, 5.74) is 1.67. The Labute approximate surface area is 177 Å². The van der Waals surface area contributed by atoms with Gasteiger partial charge in [-0.2, -0.15) is 4.98 Å². The zero-order valence-corrected chi connectivity index (χ0v) is 16.8. The first kappa shape index (κ1) is 19.2. The largest absolute Gasteiger partial charge is 0.352 e. The van der Waals surface area contributed by atoms with E-state index in [4.69, 9.17) is 4.52 Å². The molecule has 0 aliphatic heterocycles. The number of hydrogen-bond donors (Lipinski definition) is 1. The molecule has 5 rings (SSSR count). The summed E-state index contributed by atoms with van der Waals surface area (Å²) < 4.78 is 6.96. The monoisotopic (exact) mass is 415 g/mol. The van der Waals surface area contributed by atoms with E-state index < -0.39 is 0 Å². The predicted octanol–water partition coefficient (Wildman–Crippen LogP) is 3.17. The third-order valence-corrected chi connectivity index (χ3v) is 5.64. The highest BCUT2D eigenvalue weighted by Crippen LogP contribution is 2.28. The quantitative estimate of drug-likeness (QED) is 0.537. The third-order valence-electron chi connectivity index (χ3n) is 5.64. The number of nitrogens with zero attached hydrogens (tertiary/aromatic N) is 4. The van der Waals surface area contributed by atoms with Crippen LogP contribution < -0.4 is 10.9 Å². The van der Waals surface area contributed by atoms with Crippen molar-refractivity contribution in [2.75, 3.05) is 0 Å². The van der Waals surface area contributed by atoms with E-state index in [0.717, 1.165) is 36.6 Å². The summed E-state index contributed by atoms with van der Waals surface area (Å²) in [6.45, 7) is -0.0256. The van der Waals surface area contributed by atoms with Gasteiger partial charge in [0.15, 0.2) is 0 Å². The number of rotatable bonds is 5. The lowest BCUT2D eigenvalue weighted by Gasteiger charge is -2.15. The van der Waals surface area contributed by atoms with Gasteiger partial charge in [-0.1, -0.05) is 36.2 Å². The lowest BCUT2D eigenvalue weighted by atomic mass is 10.1. The summed E-state index contributed by atoms with van der Waals surface area (Å²) >= 11 is 0. The molecule has 0 saturated heterocycles. The summed E-state index contributed by atoms with van der Waals surface area (Å²) in [7, 11) is 0. The fourth-order valence-electron chi connectivity index (χ4n) is 4.11. The molecule has 1 amide bonds. The maximum Gasteiger partial charge on any atom is 0.259 e. The van der Waals surface area contributed by atoms with Crippen LogP contribution in [0, 0.1) is 0 Å². The molecule has 1 N–H and O–H groups in total. The topological polar surface area (TPSA) is 103 Å². The van der Waals surface area contributed by atoms with Crippen molar-refractivity contribution >= 4 is 16.8 Å². The maximum atomic E-state index is 13.0. The fourth-order valence-corrected chi connectivity index (χ4v) is 4.11. The smallest absolute Gasteiger partial charge is 0.259 e. The second kappa shape index (κ2) is 8.14. The molecule has 8 nitrogen and oxygen atoms in total. The number of para-hydroxylation sites is 1. The van der Waals surface area contributed by atoms with Gasteiger partial charge in [-0.15, -0.1) is 0 Å². The van der Waals surface area contributed by atoms with E-state index in [0.29, 0.717) is 16.9 Å². The normalized spacial score (nSPS) is 14.2. The SMILES string of the molecule is O=C(Cn1c(=O)cc(-c2nc(-c3ccncc3)no2)c2ccccc21)NC1CCCC1. The van der Waals surface area contributed by atoms with Gasteiger partial charge in [0.25, 0.3) is 11.4 Å². The Morgan fingerprint density at radius 3 is 2.71 bits per heavy atom. The van der Waals surface area contributed by atoms with Gasteiger partial charge in [-0.05, 0) is 31.0 Å². The van der Waals surface area contributed by atoms with E-state index in [-0.39, 0.29) is 29.9 Å². The highest BCUT2D eigenvalue weighted by molar-refractivity contribution is 5.93. The molecular weight excluding hydrogens is 394 g/mol. The number of aromatic nitrogens is 4. The van der Waals surface area contributed by atoms with Crippen molar-refractivity contribution in [3.8, 4) is 22.8 Å². The minimum absolute atomic E-state index is 0.0256. The second-order valence-electron chi connectivity index (χ2n) is 7.71. The summed E-state index contributed by atoms with van der Waals surface area (Å²) in [6.07, 6.45) is 7.56. The number of fused-ring (bicyclic) bond motifs is 1. The number of carbonyl (C=O) groups excluding carboxylic acids is 1. The number of nitrogens with one attached hydrogen (secondary N) is 1. The molecule has 4 aromatic rings. The minimum Gasteiger partial charge on any atom is -0.352 e. The van der Waals surface area contributed by atoms with Crippen LogP contribution in [-0.2, 0) is 11.3 Å². The highest BCUT2D eigenvalue weighted by atomic mass is 16.5. The summed E-state index contributed by atoms with van der Waals surface area (Å²) in [6, 6.07) is 12.6. The van der Waals surface area contributed by atoms with Crippen molar-refractivity contribution in [1.29, 1.82) is 0 Å². The lowest BCUT2D eigenvalue weighted by Crippen LogP contribution is -2.37. The highest BCUT2D eigenvalue weighted by Gasteiger charge is 2.20. The molecular formula is C23H21N5O3. The van der Waals surface area contributed by atoms with E-state index in [9.17, 15) is 9.59 Å². The van der Waals surface area contributed by atoms with Gasteiger partial charge in [-0.25, -0.2) is 0 Å². The number of benzene rings is 1. The molecule has 1 fully saturated rings. The van der Waals surface area contributed by atoms with Crippen LogP contribution in [0.3, 0.4) is 0 Å². The Morgan fingerprint density at radius 2 is 1.90 bits per heavy atom. The van der Waals surface area contributed by atoms with E-state index in [1.165, 1.54) is 10.6 Å². The molecule has 0 unspecified atom stereocenters. The van der Waals surface area contributed by atoms with Crippen LogP contribution in [-0.4, -0.2) is 31.6 Å². The van der Waals surface area contributed by atoms with Gasteiger partial charge in [0.1, 0.15) is 6.54 Å². The maximum absolute atomic E-state index is 13.0. The Kier molecular flexibility index (Phi) is 5.03. The number of carbonyl (C=O) groups is 1. The number of hydrogen-bond acceptors (Lipinski definition) is 6. The summed E-state index contributed by atoms with van der Waals surface area (Å²) in [4.78, 5) is 34.0. The van der Waals surface area contributed by atoms with Crippen molar-refractivity contribution in [3.63, 3.8) is 0 Å². The molecule has 0 radical (unpaired) electrons. The molecule has 8 heteroatoms. The molecule has 1 aromatic carbocycles. The molecule has 3 aromatic heterocycles. The van der Waals surface area contributed by atoms with Gasteiger partial charge in [0.05, 0.1) is 11.1 Å². The molecule has 1 aliphatic rings. The van der Waals surface area contributed by atoms with Crippen LogP contribution in [0.2, 0.25) is 0 Å². The number of pyridine rings is 2. The Hall–Kier alpha value is -3.81. The lowest BCUT2D eigenvalue weighted by molar-refractivity contribution is -0.122. The van der Waals surface area contributed by atoms with Gasteiger partial charge in [0.2, 0.25) is 11.7 Å². The average molecular weight is 415 g/mol. The Bertz CT molecular complexity index is 1290. The first-order valence-electron chi connectivity index (χ1n) is 10.4. The predicted molar refractivity (Wildman–Crippen MR) is 115 cm³/mol. The molecule has 1 aliphatic carbocycles. The zero-order chi connectivity index (χ0) is 21.2. The van der Waals surface area contributed by atoms with E-state index >= 15 is 0 Å². The Balaban J connectivity index is 1.51. The summed E-state index contributed by atoms with van der Waals surface area (Å²) in [5.74, 6) is 0.522. The minimum atomic E-state index is -0.293. The van der Waals surface area contributed by atoms with Crippen LogP contribution in [0.15, 0.2) is 64.2 Å². The van der Waals surface area contributed by atoms with Gasteiger partial charge in [0, 0.05) is 35.5 Å². The fraction of sp³-hybridized carbons (Fsp3) is 0.261. The van der Waals surface area contributed by atoms with Crippen LogP contribution in [0.5, 0.6) is 0 Å².